The molecular formula is C16H12IN7O2S. The fourth-order valence-electron chi connectivity index (χ4n) is 2.25. The van der Waals surface area contributed by atoms with Crippen LogP contribution >= 0.6 is 33.9 Å². The Hall–Kier alpha value is -2.67. The third-order valence-corrected chi connectivity index (χ3v) is 5.03. The number of nitrogens with one attached hydrogen (secondary N) is 2. The minimum absolute atomic E-state index is 0.169. The van der Waals surface area contributed by atoms with Crippen molar-refractivity contribution in [3.8, 4) is 22.9 Å². The van der Waals surface area contributed by atoms with Gasteiger partial charge in [-0.25, -0.2) is 9.97 Å². The number of aryl methyl sites for hydroxylation is 1. The number of nitrogens with zero attached hydrogens (tertiary/aromatic N) is 5. The maximum Gasteiger partial charge on any atom is 0.239 e. The molecule has 0 saturated carbocycles. The molecule has 0 atom stereocenters. The van der Waals surface area contributed by atoms with Crippen LogP contribution in [0.1, 0.15) is 12.3 Å². The molecule has 136 valence electrons. The van der Waals surface area contributed by atoms with E-state index in [1.54, 1.807) is 0 Å². The van der Waals surface area contributed by atoms with E-state index >= 15 is 0 Å². The molecule has 11 heteroatoms. The van der Waals surface area contributed by atoms with Crippen LogP contribution < -0.4 is 5.32 Å². The number of halogens is 1. The fraction of sp³-hybridized carbons (Fsp3) is 0.125. The molecule has 1 aromatic carbocycles. The van der Waals surface area contributed by atoms with Gasteiger partial charge in [0.2, 0.25) is 17.6 Å². The van der Waals surface area contributed by atoms with E-state index in [4.69, 9.17) is 4.52 Å². The first-order valence-corrected chi connectivity index (χ1v) is 9.83. The lowest BCUT2D eigenvalue weighted by molar-refractivity contribution is -0.116. The highest BCUT2D eigenvalue weighted by Crippen LogP contribution is 2.25. The lowest BCUT2D eigenvalue weighted by atomic mass is 10.2. The lowest BCUT2D eigenvalue weighted by Gasteiger charge is -1.99. The molecule has 0 saturated heterocycles. The van der Waals surface area contributed by atoms with Crippen molar-refractivity contribution >= 4 is 45.0 Å². The summed E-state index contributed by atoms with van der Waals surface area (Å²) in [5.74, 6) is 0.915. The Bertz CT molecular complexity index is 1040. The summed E-state index contributed by atoms with van der Waals surface area (Å²) in [5.41, 5.74) is 1.85. The van der Waals surface area contributed by atoms with Crippen molar-refractivity contribution in [3.05, 3.63) is 45.4 Å². The quantitative estimate of drug-likeness (QED) is 0.396. The first-order valence-electron chi connectivity index (χ1n) is 7.87. The van der Waals surface area contributed by atoms with Crippen molar-refractivity contribution in [1.82, 2.24) is 30.3 Å². The second-order valence-corrected chi connectivity index (χ2v) is 7.54. The molecule has 0 aliphatic rings. The Kier molecular flexibility index (Phi) is 5.20. The van der Waals surface area contributed by atoms with Crippen molar-refractivity contribution in [2.45, 2.75) is 12.8 Å². The third kappa shape index (κ3) is 4.36. The van der Waals surface area contributed by atoms with E-state index in [1.807, 2.05) is 29.6 Å². The highest BCUT2D eigenvalue weighted by molar-refractivity contribution is 14.1. The second-order valence-electron chi connectivity index (χ2n) is 5.44. The van der Waals surface area contributed by atoms with E-state index in [0.29, 0.717) is 29.1 Å². The summed E-state index contributed by atoms with van der Waals surface area (Å²) in [6, 6.07) is 8.05. The van der Waals surface area contributed by atoms with Gasteiger partial charge in [0, 0.05) is 27.4 Å². The number of hydrogen-bond donors (Lipinski definition) is 2. The first kappa shape index (κ1) is 17.7. The van der Waals surface area contributed by atoms with E-state index in [1.165, 1.54) is 17.7 Å². The van der Waals surface area contributed by atoms with Crippen LogP contribution in [0.3, 0.4) is 0 Å². The highest BCUT2D eigenvalue weighted by Gasteiger charge is 2.13. The maximum absolute atomic E-state index is 12.1. The standard InChI is InChI=1S/C16H12IN7O2S/c17-10-3-1-9(2-4-10)11-7-27-16(20-11)21-12(25)5-6-13-22-15(24-26-13)14-18-8-19-23-14/h1-4,7-8H,5-6H2,(H,18,19,23)(H,20,21,25). The Morgan fingerprint density at radius 1 is 1.26 bits per heavy atom. The molecule has 27 heavy (non-hydrogen) atoms. The van der Waals surface area contributed by atoms with Gasteiger partial charge in [0.1, 0.15) is 6.33 Å². The monoisotopic (exact) mass is 493 g/mol. The fourth-order valence-corrected chi connectivity index (χ4v) is 3.35. The van der Waals surface area contributed by atoms with Gasteiger partial charge in [0.15, 0.2) is 11.0 Å². The van der Waals surface area contributed by atoms with Gasteiger partial charge in [0.25, 0.3) is 0 Å². The Labute approximate surface area is 170 Å². The number of thiazole rings is 1. The number of H-pyrrole nitrogens is 1. The molecule has 9 nitrogen and oxygen atoms in total. The van der Waals surface area contributed by atoms with E-state index < -0.39 is 0 Å². The molecule has 4 aromatic rings. The van der Waals surface area contributed by atoms with Gasteiger partial charge in [-0.2, -0.15) is 10.1 Å². The number of anilines is 1. The van der Waals surface area contributed by atoms with Gasteiger partial charge in [-0.15, -0.1) is 11.3 Å². The zero-order chi connectivity index (χ0) is 18.6. The van der Waals surface area contributed by atoms with Crippen molar-refractivity contribution in [3.63, 3.8) is 0 Å². The molecule has 0 radical (unpaired) electrons. The predicted octanol–water partition coefficient (Wildman–Crippen LogP) is 3.15. The minimum Gasteiger partial charge on any atom is -0.339 e. The van der Waals surface area contributed by atoms with Crippen LogP contribution in [-0.2, 0) is 11.2 Å². The largest absolute Gasteiger partial charge is 0.339 e. The van der Waals surface area contributed by atoms with Crippen molar-refractivity contribution in [2.24, 2.45) is 0 Å². The molecular weight excluding hydrogens is 481 g/mol. The van der Waals surface area contributed by atoms with Crippen LogP contribution in [0.4, 0.5) is 5.13 Å². The zero-order valence-electron chi connectivity index (χ0n) is 13.7. The Morgan fingerprint density at radius 2 is 2.11 bits per heavy atom. The average molecular weight is 493 g/mol. The smallest absolute Gasteiger partial charge is 0.239 e. The summed E-state index contributed by atoms with van der Waals surface area (Å²) < 4.78 is 6.28. The highest BCUT2D eigenvalue weighted by atomic mass is 127. The Balaban J connectivity index is 1.33. The van der Waals surface area contributed by atoms with Crippen LogP contribution in [-0.4, -0.2) is 36.2 Å². The lowest BCUT2D eigenvalue weighted by Crippen LogP contribution is -2.12. The number of amides is 1. The second kappa shape index (κ2) is 7.92. The summed E-state index contributed by atoms with van der Waals surface area (Å²) in [6.07, 6.45) is 1.89. The molecule has 3 heterocycles. The topological polar surface area (TPSA) is 122 Å². The van der Waals surface area contributed by atoms with Crippen LogP contribution in [0.5, 0.6) is 0 Å². The van der Waals surface area contributed by atoms with Gasteiger partial charge in [0.05, 0.1) is 5.69 Å². The Morgan fingerprint density at radius 3 is 2.89 bits per heavy atom. The average Bonchev–Trinajstić information content (AvgIpc) is 3.42. The molecule has 0 spiro atoms. The summed E-state index contributed by atoms with van der Waals surface area (Å²) in [6.45, 7) is 0. The molecule has 0 aliphatic carbocycles. The summed E-state index contributed by atoms with van der Waals surface area (Å²) >= 11 is 3.64. The van der Waals surface area contributed by atoms with E-state index in [2.05, 4.69) is 58.2 Å². The van der Waals surface area contributed by atoms with Gasteiger partial charge >= 0.3 is 0 Å². The summed E-state index contributed by atoms with van der Waals surface area (Å²) in [5, 5.41) is 15.5. The number of aromatic amines is 1. The van der Waals surface area contributed by atoms with Crippen LogP contribution in [0.15, 0.2) is 40.5 Å². The molecule has 1 amide bonds. The number of aromatic nitrogens is 6. The maximum atomic E-state index is 12.1. The van der Waals surface area contributed by atoms with Crippen molar-refractivity contribution in [1.29, 1.82) is 0 Å². The number of benzene rings is 1. The number of carbonyl (C=O) groups excluding carboxylic acids is 1. The SMILES string of the molecule is O=C(CCc1nc(-c2ncn[nH]2)no1)Nc1nc(-c2ccc(I)cc2)cs1. The van der Waals surface area contributed by atoms with Gasteiger partial charge in [-0.3, -0.25) is 9.89 Å². The van der Waals surface area contributed by atoms with Crippen LogP contribution in [0, 0.1) is 3.57 Å². The van der Waals surface area contributed by atoms with E-state index in [-0.39, 0.29) is 12.3 Å². The summed E-state index contributed by atoms with van der Waals surface area (Å²) in [7, 11) is 0. The van der Waals surface area contributed by atoms with Gasteiger partial charge in [-0.05, 0) is 34.7 Å². The van der Waals surface area contributed by atoms with Crippen molar-refractivity contribution in [2.75, 3.05) is 5.32 Å². The number of rotatable bonds is 6. The van der Waals surface area contributed by atoms with Crippen LogP contribution in [0.2, 0.25) is 0 Å². The number of carbonyl (C=O) groups is 1. The van der Waals surface area contributed by atoms with Crippen molar-refractivity contribution < 1.29 is 9.32 Å². The molecule has 3 aromatic heterocycles. The minimum atomic E-state index is -0.169. The molecule has 0 aliphatic heterocycles. The van der Waals surface area contributed by atoms with E-state index in [9.17, 15) is 4.79 Å². The molecule has 0 bridgehead atoms. The third-order valence-electron chi connectivity index (χ3n) is 3.55. The molecule has 4 rings (SSSR count). The summed E-state index contributed by atoms with van der Waals surface area (Å²) in [4.78, 5) is 24.7. The molecule has 0 fully saturated rings. The van der Waals surface area contributed by atoms with Gasteiger partial charge < -0.3 is 9.84 Å². The number of hydrogen-bond acceptors (Lipinski definition) is 8. The molecule has 0 unspecified atom stereocenters. The zero-order valence-corrected chi connectivity index (χ0v) is 16.7. The van der Waals surface area contributed by atoms with E-state index in [0.717, 1.165) is 14.8 Å². The molecule has 2 N–H and O–H groups in total. The normalized spacial score (nSPS) is 10.9. The van der Waals surface area contributed by atoms with Crippen LogP contribution in [0.25, 0.3) is 22.9 Å². The predicted molar refractivity (Wildman–Crippen MR) is 107 cm³/mol. The first-order chi connectivity index (χ1) is 13.2. The van der Waals surface area contributed by atoms with Gasteiger partial charge in [-0.1, -0.05) is 17.3 Å².